The van der Waals surface area contributed by atoms with Crippen LogP contribution in [0, 0.1) is 20.8 Å². The first kappa shape index (κ1) is 14.6. The first-order valence-electron chi connectivity index (χ1n) is 6.07. The number of thiocarbonyl (C=S) groups is 1. The average Bonchev–Trinajstić information content (AvgIpc) is 2.20. The van der Waals surface area contributed by atoms with Crippen molar-refractivity contribution in [3.8, 4) is 0 Å². The summed E-state index contributed by atoms with van der Waals surface area (Å²) in [5.41, 5.74) is 7.68. The van der Waals surface area contributed by atoms with Crippen molar-refractivity contribution in [3.63, 3.8) is 0 Å². The second-order valence-electron chi connectivity index (χ2n) is 4.81. The highest BCUT2D eigenvalue weighted by Gasteiger charge is 2.01. The summed E-state index contributed by atoms with van der Waals surface area (Å²) in [6.45, 7) is 10.3. The molecule has 0 aromatic heterocycles. The molecule has 0 unspecified atom stereocenters. The molecule has 0 bridgehead atoms. The lowest BCUT2D eigenvalue weighted by molar-refractivity contribution is 0.719. The van der Waals surface area contributed by atoms with Gasteiger partial charge in [-0.25, -0.2) is 0 Å². The van der Waals surface area contributed by atoms with Crippen molar-refractivity contribution in [3.05, 3.63) is 34.4 Å². The van der Waals surface area contributed by atoms with Crippen LogP contribution in [-0.2, 0) is 0 Å². The molecule has 1 rings (SSSR count). The Morgan fingerprint density at radius 2 is 1.78 bits per heavy atom. The van der Waals surface area contributed by atoms with Gasteiger partial charge in [0, 0.05) is 11.6 Å². The van der Waals surface area contributed by atoms with Gasteiger partial charge < -0.3 is 5.32 Å². The van der Waals surface area contributed by atoms with Gasteiger partial charge >= 0.3 is 0 Å². The number of rotatable bonds is 3. The van der Waals surface area contributed by atoms with Gasteiger partial charge in [-0.3, -0.25) is 5.43 Å². The molecule has 4 heteroatoms. The van der Waals surface area contributed by atoms with E-state index in [0.717, 1.165) is 5.56 Å². The maximum absolute atomic E-state index is 5.10. The fraction of sp³-hybridized carbons (Fsp3) is 0.429. The standard InChI is InChI=1S/C14H21N3S/c1-9(2)16-14(18)17-15-8-13-11(4)6-10(3)7-12(13)5/h6-9H,1-5H3,(H2,16,17,18)/b15-8-. The fourth-order valence-corrected chi connectivity index (χ4v) is 2.13. The Kier molecular flexibility index (Phi) is 5.28. The van der Waals surface area contributed by atoms with Gasteiger partial charge in [-0.05, 0) is 58.0 Å². The zero-order chi connectivity index (χ0) is 13.7. The zero-order valence-electron chi connectivity index (χ0n) is 11.7. The van der Waals surface area contributed by atoms with Crippen LogP contribution in [-0.4, -0.2) is 17.4 Å². The highest BCUT2D eigenvalue weighted by Crippen LogP contribution is 2.13. The molecule has 0 amide bonds. The fourth-order valence-electron chi connectivity index (χ4n) is 1.84. The number of aryl methyl sites for hydroxylation is 3. The van der Waals surface area contributed by atoms with Crippen LogP contribution in [0.1, 0.15) is 36.1 Å². The molecule has 0 fully saturated rings. The van der Waals surface area contributed by atoms with E-state index in [9.17, 15) is 0 Å². The van der Waals surface area contributed by atoms with Gasteiger partial charge in [-0.1, -0.05) is 17.7 Å². The van der Waals surface area contributed by atoms with Crippen LogP contribution in [0.4, 0.5) is 0 Å². The maximum atomic E-state index is 5.10. The Labute approximate surface area is 115 Å². The molecule has 0 aliphatic heterocycles. The number of hydrazone groups is 1. The number of nitrogens with one attached hydrogen (secondary N) is 2. The molecule has 0 saturated heterocycles. The SMILES string of the molecule is Cc1cc(C)c(/C=N\NC(=S)NC(C)C)c(C)c1. The summed E-state index contributed by atoms with van der Waals surface area (Å²) in [7, 11) is 0. The Balaban J connectivity index is 2.71. The summed E-state index contributed by atoms with van der Waals surface area (Å²) in [6.07, 6.45) is 1.82. The Morgan fingerprint density at radius 1 is 1.22 bits per heavy atom. The second kappa shape index (κ2) is 6.50. The van der Waals surface area contributed by atoms with Crippen LogP contribution >= 0.6 is 12.2 Å². The smallest absolute Gasteiger partial charge is 0.187 e. The summed E-state index contributed by atoms with van der Waals surface area (Å²) < 4.78 is 0. The molecule has 0 radical (unpaired) electrons. The van der Waals surface area contributed by atoms with E-state index in [1.54, 1.807) is 0 Å². The van der Waals surface area contributed by atoms with Gasteiger partial charge in [0.2, 0.25) is 0 Å². The predicted molar refractivity (Wildman–Crippen MR) is 82.3 cm³/mol. The first-order chi connectivity index (χ1) is 8.40. The van der Waals surface area contributed by atoms with Crippen molar-refractivity contribution in [2.24, 2.45) is 5.10 Å². The van der Waals surface area contributed by atoms with Crippen LogP contribution in [0.25, 0.3) is 0 Å². The third-order valence-electron chi connectivity index (χ3n) is 2.52. The van der Waals surface area contributed by atoms with Crippen molar-refractivity contribution < 1.29 is 0 Å². The molecule has 98 valence electrons. The highest BCUT2D eigenvalue weighted by molar-refractivity contribution is 7.80. The second-order valence-corrected chi connectivity index (χ2v) is 5.22. The molecule has 3 nitrogen and oxygen atoms in total. The Bertz CT molecular complexity index is 441. The van der Waals surface area contributed by atoms with E-state index in [-0.39, 0.29) is 0 Å². The van der Waals surface area contributed by atoms with Gasteiger partial charge in [0.05, 0.1) is 6.21 Å². The average molecular weight is 263 g/mol. The van der Waals surface area contributed by atoms with Crippen LogP contribution in [0.3, 0.4) is 0 Å². The lowest BCUT2D eigenvalue weighted by Crippen LogP contribution is -2.36. The highest BCUT2D eigenvalue weighted by atomic mass is 32.1. The first-order valence-corrected chi connectivity index (χ1v) is 6.48. The third-order valence-corrected chi connectivity index (χ3v) is 2.73. The molecule has 2 N–H and O–H groups in total. The lowest BCUT2D eigenvalue weighted by atomic mass is 10.0. The van der Waals surface area contributed by atoms with Crippen LogP contribution in [0.15, 0.2) is 17.2 Å². The number of nitrogens with zero attached hydrogens (tertiary/aromatic N) is 1. The third kappa shape index (κ3) is 4.45. The molecule has 0 heterocycles. The topological polar surface area (TPSA) is 36.4 Å². The van der Waals surface area contributed by atoms with Gasteiger partial charge in [0.15, 0.2) is 5.11 Å². The number of benzene rings is 1. The van der Waals surface area contributed by atoms with E-state index in [2.05, 4.69) is 48.7 Å². The molecule has 1 aromatic carbocycles. The summed E-state index contributed by atoms with van der Waals surface area (Å²) in [6, 6.07) is 4.61. The van der Waals surface area contributed by atoms with Crippen molar-refractivity contribution in [2.75, 3.05) is 0 Å². The largest absolute Gasteiger partial charge is 0.359 e. The molecule has 0 aliphatic rings. The van der Waals surface area contributed by atoms with Gasteiger partial charge in [-0.2, -0.15) is 5.10 Å². The van der Waals surface area contributed by atoms with Crippen molar-refractivity contribution in [2.45, 2.75) is 40.7 Å². The van der Waals surface area contributed by atoms with Gasteiger partial charge in [0.25, 0.3) is 0 Å². The lowest BCUT2D eigenvalue weighted by Gasteiger charge is -2.10. The minimum atomic E-state index is 0.308. The van der Waals surface area contributed by atoms with E-state index in [4.69, 9.17) is 12.2 Å². The van der Waals surface area contributed by atoms with Gasteiger partial charge in [-0.15, -0.1) is 0 Å². The van der Waals surface area contributed by atoms with Crippen LogP contribution in [0.2, 0.25) is 0 Å². The van der Waals surface area contributed by atoms with Crippen LogP contribution < -0.4 is 10.7 Å². The van der Waals surface area contributed by atoms with E-state index in [1.807, 2.05) is 20.1 Å². The quantitative estimate of drug-likeness (QED) is 0.500. The van der Waals surface area contributed by atoms with Gasteiger partial charge in [0.1, 0.15) is 0 Å². The monoisotopic (exact) mass is 263 g/mol. The minimum Gasteiger partial charge on any atom is -0.359 e. The van der Waals surface area contributed by atoms with Crippen molar-refractivity contribution in [1.82, 2.24) is 10.7 Å². The molecular weight excluding hydrogens is 242 g/mol. The van der Waals surface area contributed by atoms with Crippen molar-refractivity contribution in [1.29, 1.82) is 0 Å². The summed E-state index contributed by atoms with van der Waals surface area (Å²) in [5.74, 6) is 0. The van der Waals surface area contributed by atoms with Crippen LogP contribution in [0.5, 0.6) is 0 Å². The summed E-state index contributed by atoms with van der Waals surface area (Å²) >= 11 is 5.10. The zero-order valence-corrected chi connectivity index (χ0v) is 12.5. The van der Waals surface area contributed by atoms with E-state index < -0.39 is 0 Å². The minimum absolute atomic E-state index is 0.308. The molecule has 0 spiro atoms. The Morgan fingerprint density at radius 3 is 2.28 bits per heavy atom. The normalized spacial score (nSPS) is 11.0. The Hall–Kier alpha value is -1.42. The molecular formula is C14H21N3S. The maximum Gasteiger partial charge on any atom is 0.187 e. The summed E-state index contributed by atoms with van der Waals surface area (Å²) in [5, 5.41) is 7.79. The predicted octanol–water partition coefficient (Wildman–Crippen LogP) is 2.82. The molecule has 0 saturated carbocycles. The molecule has 0 aliphatic carbocycles. The molecule has 0 atom stereocenters. The van der Waals surface area contributed by atoms with E-state index >= 15 is 0 Å². The number of hydrogen-bond donors (Lipinski definition) is 2. The molecule has 18 heavy (non-hydrogen) atoms. The van der Waals surface area contributed by atoms with E-state index in [0.29, 0.717) is 11.2 Å². The van der Waals surface area contributed by atoms with Crippen molar-refractivity contribution >= 4 is 23.5 Å². The summed E-state index contributed by atoms with van der Waals surface area (Å²) in [4.78, 5) is 0. The molecule has 1 aromatic rings. The van der Waals surface area contributed by atoms with E-state index in [1.165, 1.54) is 16.7 Å². The number of hydrogen-bond acceptors (Lipinski definition) is 2.